The maximum absolute atomic E-state index is 4.47. The number of pyridine rings is 1. The van der Waals surface area contributed by atoms with E-state index in [4.69, 9.17) is 0 Å². The van der Waals surface area contributed by atoms with E-state index in [9.17, 15) is 0 Å². The first kappa shape index (κ1) is 19.6. The fourth-order valence-electron chi connectivity index (χ4n) is 2.73. The van der Waals surface area contributed by atoms with Crippen molar-refractivity contribution in [2.75, 3.05) is 5.32 Å². The molecule has 6 heteroatoms. The van der Waals surface area contributed by atoms with Crippen molar-refractivity contribution in [2.45, 2.75) is 6.42 Å². The van der Waals surface area contributed by atoms with E-state index >= 15 is 0 Å². The Balaban J connectivity index is 0.00000121. The van der Waals surface area contributed by atoms with Crippen LogP contribution in [0.25, 0.3) is 10.8 Å². The summed E-state index contributed by atoms with van der Waals surface area (Å²) < 4.78 is 0. The normalized spacial score (nSPS) is 9.85. The first-order valence-electron chi connectivity index (χ1n) is 7.85. The van der Waals surface area contributed by atoms with E-state index < -0.39 is 0 Å². The molecule has 0 amide bonds. The summed E-state index contributed by atoms with van der Waals surface area (Å²) in [6, 6.07) is 22.3. The smallest absolute Gasteiger partial charge is 0.160 e. The Hall–Kier alpha value is -2.69. The largest absolute Gasteiger partial charge is 0.338 e. The van der Waals surface area contributed by atoms with Crippen molar-refractivity contribution in [1.29, 1.82) is 0 Å². The predicted octanol–water partition coefficient (Wildman–Crippen LogP) is 5.20. The van der Waals surface area contributed by atoms with Crippen LogP contribution in [0.15, 0.2) is 79.1 Å². The number of nitrogens with zero attached hydrogens (tertiary/aromatic N) is 3. The van der Waals surface area contributed by atoms with Crippen LogP contribution in [0.3, 0.4) is 0 Å². The van der Waals surface area contributed by atoms with Crippen LogP contribution >= 0.6 is 24.8 Å². The highest BCUT2D eigenvalue weighted by Crippen LogP contribution is 2.26. The highest BCUT2D eigenvalue weighted by Gasteiger charge is 2.09. The van der Waals surface area contributed by atoms with Crippen molar-refractivity contribution in [1.82, 2.24) is 15.2 Å². The summed E-state index contributed by atoms with van der Waals surface area (Å²) in [4.78, 5) is 4.06. The Labute approximate surface area is 164 Å². The van der Waals surface area contributed by atoms with E-state index in [-0.39, 0.29) is 24.8 Å². The summed E-state index contributed by atoms with van der Waals surface area (Å²) in [7, 11) is 0. The fourth-order valence-corrected chi connectivity index (χ4v) is 2.73. The molecule has 0 fully saturated rings. The number of para-hydroxylation sites is 1. The zero-order valence-electron chi connectivity index (χ0n) is 13.9. The lowest BCUT2D eigenvalue weighted by Gasteiger charge is -2.11. The number of aromatic nitrogens is 3. The van der Waals surface area contributed by atoms with Crippen LogP contribution in [0.4, 0.5) is 11.5 Å². The highest BCUT2D eigenvalue weighted by atomic mass is 35.5. The van der Waals surface area contributed by atoms with E-state index in [0.717, 1.165) is 34.4 Å². The van der Waals surface area contributed by atoms with Gasteiger partial charge in [0.25, 0.3) is 0 Å². The molecule has 0 unspecified atom stereocenters. The summed E-state index contributed by atoms with van der Waals surface area (Å²) in [5.41, 5.74) is 3.14. The third kappa shape index (κ3) is 4.28. The molecule has 132 valence electrons. The third-order valence-electron chi connectivity index (χ3n) is 3.92. The van der Waals surface area contributed by atoms with Crippen LogP contribution in [0.2, 0.25) is 0 Å². The average molecular weight is 385 g/mol. The zero-order valence-corrected chi connectivity index (χ0v) is 15.5. The minimum absolute atomic E-state index is 0. The number of hydrogen-bond acceptors (Lipinski definition) is 4. The summed E-state index contributed by atoms with van der Waals surface area (Å²) >= 11 is 0. The Morgan fingerprint density at radius 1 is 0.692 bits per heavy atom. The molecule has 2 aromatic carbocycles. The van der Waals surface area contributed by atoms with Crippen LogP contribution in [-0.2, 0) is 6.42 Å². The molecular formula is C20H18Cl2N4. The number of rotatable bonds is 4. The monoisotopic (exact) mass is 384 g/mol. The van der Waals surface area contributed by atoms with Crippen molar-refractivity contribution < 1.29 is 0 Å². The van der Waals surface area contributed by atoms with Gasteiger partial charge in [0.05, 0.1) is 5.69 Å². The van der Waals surface area contributed by atoms with Crippen LogP contribution in [0, 0.1) is 0 Å². The number of halogens is 2. The molecule has 0 saturated carbocycles. The zero-order chi connectivity index (χ0) is 16.2. The summed E-state index contributed by atoms with van der Waals surface area (Å²) in [6.45, 7) is 0. The Morgan fingerprint density at radius 2 is 1.35 bits per heavy atom. The van der Waals surface area contributed by atoms with Gasteiger partial charge in [0.15, 0.2) is 5.82 Å². The van der Waals surface area contributed by atoms with E-state index in [2.05, 4.69) is 32.6 Å². The van der Waals surface area contributed by atoms with Gasteiger partial charge in [-0.15, -0.1) is 29.9 Å². The molecule has 2 aromatic heterocycles. The van der Waals surface area contributed by atoms with Gasteiger partial charge in [-0.2, -0.15) is 5.10 Å². The molecule has 0 aliphatic heterocycles. The van der Waals surface area contributed by atoms with Crippen molar-refractivity contribution in [2.24, 2.45) is 0 Å². The van der Waals surface area contributed by atoms with Gasteiger partial charge in [-0.05, 0) is 29.8 Å². The standard InChI is InChI=1S/C20H16N4.2ClH/c1-2-6-16(7-3-1)22-20-18-9-5-4-8-17(18)19(23-24-20)14-15-10-12-21-13-11-15;;/h1-13H,14H2,(H,22,24);2*1H. The number of anilines is 2. The number of nitrogens with one attached hydrogen (secondary N) is 1. The van der Waals surface area contributed by atoms with Gasteiger partial charge in [-0.1, -0.05) is 42.5 Å². The molecule has 1 N–H and O–H groups in total. The SMILES string of the molecule is Cl.Cl.c1ccc(Nc2nnc(Cc3ccncc3)c3ccccc23)cc1. The number of fused-ring (bicyclic) bond motifs is 1. The molecule has 0 atom stereocenters. The summed E-state index contributed by atoms with van der Waals surface area (Å²) in [5, 5.41) is 14.4. The summed E-state index contributed by atoms with van der Waals surface area (Å²) in [5.74, 6) is 0.773. The van der Waals surface area contributed by atoms with Gasteiger partial charge in [-0.25, -0.2) is 0 Å². The second-order valence-electron chi connectivity index (χ2n) is 5.56. The molecule has 0 spiro atoms. The first-order valence-corrected chi connectivity index (χ1v) is 7.85. The van der Waals surface area contributed by atoms with E-state index in [1.807, 2.05) is 54.6 Å². The first-order chi connectivity index (χ1) is 11.9. The fraction of sp³-hybridized carbons (Fsp3) is 0.0500. The Bertz CT molecular complexity index is 883. The molecule has 0 bridgehead atoms. The minimum Gasteiger partial charge on any atom is -0.338 e. The van der Waals surface area contributed by atoms with E-state index in [1.165, 1.54) is 5.56 Å². The number of hydrogen-bond donors (Lipinski definition) is 1. The molecule has 0 aliphatic carbocycles. The van der Waals surface area contributed by atoms with Crippen LogP contribution in [-0.4, -0.2) is 15.2 Å². The maximum atomic E-state index is 4.47. The molecular weight excluding hydrogens is 367 g/mol. The topological polar surface area (TPSA) is 50.7 Å². The van der Waals surface area contributed by atoms with Crippen LogP contribution < -0.4 is 5.32 Å². The maximum Gasteiger partial charge on any atom is 0.160 e. The quantitative estimate of drug-likeness (QED) is 0.524. The second-order valence-corrected chi connectivity index (χ2v) is 5.56. The van der Waals surface area contributed by atoms with Gasteiger partial charge >= 0.3 is 0 Å². The molecule has 26 heavy (non-hydrogen) atoms. The van der Waals surface area contributed by atoms with Crippen molar-refractivity contribution in [3.63, 3.8) is 0 Å². The highest BCUT2D eigenvalue weighted by molar-refractivity contribution is 5.94. The number of benzene rings is 2. The van der Waals surface area contributed by atoms with Crippen LogP contribution in [0.1, 0.15) is 11.3 Å². The molecule has 0 radical (unpaired) electrons. The second kappa shape index (κ2) is 9.13. The van der Waals surface area contributed by atoms with Gasteiger partial charge in [0, 0.05) is 35.3 Å². The minimum atomic E-state index is 0. The van der Waals surface area contributed by atoms with Gasteiger partial charge < -0.3 is 5.32 Å². The summed E-state index contributed by atoms with van der Waals surface area (Å²) in [6.07, 6.45) is 4.34. The average Bonchev–Trinajstić information content (AvgIpc) is 2.65. The Morgan fingerprint density at radius 3 is 2.08 bits per heavy atom. The third-order valence-corrected chi connectivity index (χ3v) is 3.92. The van der Waals surface area contributed by atoms with Gasteiger partial charge in [-0.3, -0.25) is 4.98 Å². The lowest BCUT2D eigenvalue weighted by molar-refractivity contribution is 0.960. The van der Waals surface area contributed by atoms with Crippen molar-refractivity contribution in [3.05, 3.63) is 90.4 Å². The van der Waals surface area contributed by atoms with Gasteiger partial charge in [0.1, 0.15) is 0 Å². The molecule has 0 aliphatic rings. The molecule has 2 heterocycles. The Kier molecular flexibility index (Phi) is 6.89. The van der Waals surface area contributed by atoms with Gasteiger partial charge in [0.2, 0.25) is 0 Å². The van der Waals surface area contributed by atoms with Crippen molar-refractivity contribution >= 4 is 47.1 Å². The molecule has 4 rings (SSSR count). The van der Waals surface area contributed by atoms with Crippen LogP contribution in [0.5, 0.6) is 0 Å². The van der Waals surface area contributed by atoms with E-state index in [0.29, 0.717) is 0 Å². The lowest BCUT2D eigenvalue weighted by atomic mass is 10.0. The predicted molar refractivity (Wildman–Crippen MR) is 111 cm³/mol. The van der Waals surface area contributed by atoms with E-state index in [1.54, 1.807) is 12.4 Å². The molecule has 4 aromatic rings. The lowest BCUT2D eigenvalue weighted by Crippen LogP contribution is -2.02. The van der Waals surface area contributed by atoms with Crippen molar-refractivity contribution in [3.8, 4) is 0 Å². The molecule has 4 nitrogen and oxygen atoms in total. The molecule has 0 saturated heterocycles.